The lowest BCUT2D eigenvalue weighted by atomic mass is 10.2. The molecule has 0 heterocycles. The van der Waals surface area contributed by atoms with Gasteiger partial charge in [-0.05, 0) is 23.9 Å². The quantitative estimate of drug-likeness (QED) is 0.455. The van der Waals surface area contributed by atoms with E-state index in [4.69, 9.17) is 17.0 Å². The van der Waals surface area contributed by atoms with E-state index in [1.165, 1.54) is 0 Å². The molecule has 3 heteroatoms. The van der Waals surface area contributed by atoms with E-state index in [9.17, 15) is 0 Å². The van der Waals surface area contributed by atoms with Crippen LogP contribution >= 0.6 is 12.2 Å². The van der Waals surface area contributed by atoms with Crippen LogP contribution in [0.3, 0.4) is 0 Å². The first-order valence-corrected chi connectivity index (χ1v) is 9.49. The molecule has 1 aromatic carbocycles. The van der Waals surface area contributed by atoms with E-state index in [1.807, 2.05) is 42.5 Å². The molecule has 0 unspecified atom stereocenters. The number of ether oxygens (including phenoxy) is 1. The molecule has 0 radical (unpaired) electrons. The number of thiocarbonyl (C=S) groups is 1. The van der Waals surface area contributed by atoms with Crippen molar-refractivity contribution in [1.82, 2.24) is 0 Å². The van der Waals surface area contributed by atoms with Crippen LogP contribution in [-0.4, -0.2) is 19.4 Å². The monoisotopic (exact) mass is 250 g/mol. The topological polar surface area (TPSA) is 9.23 Å². The molecule has 86 valence electrons. The van der Waals surface area contributed by atoms with Gasteiger partial charge < -0.3 is 4.74 Å². The summed E-state index contributed by atoms with van der Waals surface area (Å²) in [6.07, 6.45) is 4.61. The van der Waals surface area contributed by atoms with Crippen LogP contribution in [0.1, 0.15) is 5.56 Å². The van der Waals surface area contributed by atoms with E-state index in [0.717, 1.165) is 11.8 Å². The smallest absolute Gasteiger partial charge is 0.183 e. The Bertz CT molecular complexity index is 365. The second-order valence-electron chi connectivity index (χ2n) is 4.91. The average molecular weight is 250 g/mol. The molecule has 0 aliphatic rings. The van der Waals surface area contributed by atoms with E-state index in [2.05, 4.69) is 19.6 Å². The van der Waals surface area contributed by atoms with Crippen LogP contribution in [0.25, 0.3) is 6.08 Å². The van der Waals surface area contributed by atoms with Gasteiger partial charge in [-0.25, -0.2) is 0 Å². The van der Waals surface area contributed by atoms with Crippen molar-refractivity contribution in [2.45, 2.75) is 19.6 Å². The minimum atomic E-state index is -1.17. The van der Waals surface area contributed by atoms with Crippen molar-refractivity contribution in [3.8, 4) is 0 Å². The summed E-state index contributed by atoms with van der Waals surface area (Å²) < 4.78 is 5.53. The maximum absolute atomic E-state index is 5.53. The van der Waals surface area contributed by atoms with Crippen molar-refractivity contribution in [2.24, 2.45) is 0 Å². The predicted octanol–water partition coefficient (Wildman–Crippen LogP) is 3.92. The highest BCUT2D eigenvalue weighted by atomic mass is 32.1. The van der Waals surface area contributed by atoms with Crippen molar-refractivity contribution in [2.75, 3.05) is 6.23 Å². The van der Waals surface area contributed by atoms with Crippen molar-refractivity contribution >= 4 is 31.4 Å². The van der Waals surface area contributed by atoms with Gasteiger partial charge >= 0.3 is 0 Å². The van der Waals surface area contributed by atoms with Crippen molar-refractivity contribution in [1.29, 1.82) is 0 Å². The first kappa shape index (κ1) is 13.1. The van der Waals surface area contributed by atoms with Gasteiger partial charge in [-0.1, -0.05) is 56.0 Å². The van der Waals surface area contributed by atoms with Crippen LogP contribution in [0.5, 0.6) is 0 Å². The fourth-order valence-corrected chi connectivity index (χ4v) is 1.88. The summed E-state index contributed by atoms with van der Waals surface area (Å²) in [4.78, 5) is 0. The number of benzene rings is 1. The largest absolute Gasteiger partial charge is 0.487 e. The molecule has 0 saturated heterocycles. The number of rotatable bonds is 4. The lowest BCUT2D eigenvalue weighted by Gasteiger charge is -2.15. The maximum atomic E-state index is 5.53. The molecule has 0 bridgehead atoms. The molecule has 1 nitrogen and oxygen atoms in total. The van der Waals surface area contributed by atoms with E-state index in [0.29, 0.717) is 5.05 Å². The van der Waals surface area contributed by atoms with Gasteiger partial charge in [0.1, 0.15) is 0 Å². The molecule has 0 amide bonds. The Kier molecular flexibility index (Phi) is 4.90. The summed E-state index contributed by atoms with van der Waals surface area (Å²) in [5.41, 5.74) is 1.14. The Balaban J connectivity index is 2.43. The summed E-state index contributed by atoms with van der Waals surface area (Å²) in [6, 6.07) is 10.1. The zero-order valence-electron chi connectivity index (χ0n) is 10.1. The van der Waals surface area contributed by atoms with Gasteiger partial charge in [-0.15, -0.1) is 0 Å². The predicted molar refractivity (Wildman–Crippen MR) is 77.4 cm³/mol. The molecule has 0 aliphatic carbocycles. The summed E-state index contributed by atoms with van der Waals surface area (Å²) >= 11 is 5.13. The third-order valence-electron chi connectivity index (χ3n) is 1.86. The SMILES string of the molecule is C[Si](C)(C)COC(=S)/C=C/c1ccccc1. The first-order valence-electron chi connectivity index (χ1n) is 5.37. The molecule has 0 aromatic heterocycles. The van der Waals surface area contributed by atoms with E-state index in [-0.39, 0.29) is 0 Å². The van der Waals surface area contributed by atoms with Crippen LogP contribution in [0.15, 0.2) is 36.4 Å². The second-order valence-corrected chi connectivity index (χ2v) is 10.7. The molecule has 0 atom stereocenters. The maximum Gasteiger partial charge on any atom is 0.183 e. The molecular formula is C13H18OSSi. The van der Waals surface area contributed by atoms with Crippen molar-refractivity contribution in [3.05, 3.63) is 42.0 Å². The normalized spacial score (nSPS) is 11.7. The molecule has 0 fully saturated rings. The van der Waals surface area contributed by atoms with Crippen molar-refractivity contribution in [3.63, 3.8) is 0 Å². The second kappa shape index (κ2) is 5.96. The molecule has 0 aliphatic heterocycles. The van der Waals surface area contributed by atoms with Crippen molar-refractivity contribution < 1.29 is 4.74 Å². The molecular weight excluding hydrogens is 232 g/mol. The highest BCUT2D eigenvalue weighted by molar-refractivity contribution is 7.80. The Morgan fingerprint density at radius 3 is 2.44 bits per heavy atom. The molecule has 16 heavy (non-hydrogen) atoms. The zero-order valence-corrected chi connectivity index (χ0v) is 11.9. The summed E-state index contributed by atoms with van der Waals surface area (Å²) in [6.45, 7) is 6.78. The van der Waals surface area contributed by atoms with Gasteiger partial charge in [0.15, 0.2) is 5.05 Å². The van der Waals surface area contributed by atoms with Gasteiger partial charge in [0.05, 0.1) is 14.3 Å². The minimum absolute atomic E-state index is 0.575. The molecule has 0 N–H and O–H groups in total. The third kappa shape index (κ3) is 5.83. The molecule has 0 saturated carbocycles. The average Bonchev–Trinajstić information content (AvgIpc) is 2.24. The van der Waals surface area contributed by atoms with Crippen LogP contribution in [-0.2, 0) is 4.74 Å². The summed E-state index contributed by atoms with van der Waals surface area (Å²) in [5, 5.41) is 0.575. The Labute approximate surface area is 104 Å². The molecule has 1 aromatic rings. The highest BCUT2D eigenvalue weighted by Crippen LogP contribution is 2.04. The van der Waals surface area contributed by atoms with Gasteiger partial charge in [0.25, 0.3) is 0 Å². The van der Waals surface area contributed by atoms with E-state index in [1.54, 1.807) is 0 Å². The molecule has 1 rings (SSSR count). The lowest BCUT2D eigenvalue weighted by molar-refractivity contribution is 0.379. The van der Waals surface area contributed by atoms with E-state index < -0.39 is 8.07 Å². The zero-order chi connectivity index (χ0) is 12.0. The number of hydrogen-bond acceptors (Lipinski definition) is 2. The third-order valence-corrected chi connectivity index (χ3v) is 3.12. The van der Waals surface area contributed by atoms with Crippen LogP contribution in [0.2, 0.25) is 19.6 Å². The highest BCUT2D eigenvalue weighted by Gasteiger charge is 2.13. The van der Waals surface area contributed by atoms with Gasteiger partial charge in [-0.3, -0.25) is 0 Å². The van der Waals surface area contributed by atoms with Gasteiger partial charge in [-0.2, -0.15) is 0 Å². The van der Waals surface area contributed by atoms with E-state index >= 15 is 0 Å². The van der Waals surface area contributed by atoms with Crippen LogP contribution in [0, 0.1) is 0 Å². The minimum Gasteiger partial charge on any atom is -0.487 e. The Morgan fingerprint density at radius 1 is 1.25 bits per heavy atom. The number of hydrogen-bond donors (Lipinski definition) is 0. The fraction of sp³-hybridized carbons (Fsp3) is 0.308. The van der Waals surface area contributed by atoms with Gasteiger partial charge in [0.2, 0.25) is 0 Å². The Hall–Kier alpha value is -0.933. The summed E-state index contributed by atoms with van der Waals surface area (Å²) in [7, 11) is -1.17. The van der Waals surface area contributed by atoms with Gasteiger partial charge in [0, 0.05) is 0 Å². The fourth-order valence-electron chi connectivity index (χ4n) is 1.06. The summed E-state index contributed by atoms with van der Waals surface area (Å²) in [5.74, 6) is 0. The van der Waals surface area contributed by atoms with Crippen LogP contribution < -0.4 is 0 Å². The lowest BCUT2D eigenvalue weighted by Crippen LogP contribution is -2.29. The standard InChI is InChI=1S/C13H18OSSi/c1-16(2,3)11-14-13(15)10-9-12-7-5-4-6-8-12/h4-10H,11H2,1-3H3/b10-9+. The Morgan fingerprint density at radius 2 is 1.88 bits per heavy atom. The molecule has 0 spiro atoms. The first-order chi connectivity index (χ1) is 7.47. The van der Waals surface area contributed by atoms with Crippen LogP contribution in [0.4, 0.5) is 0 Å².